The summed E-state index contributed by atoms with van der Waals surface area (Å²) in [6, 6.07) is 151. The molecule has 19 aromatic carbocycles. The van der Waals surface area contributed by atoms with Crippen LogP contribution in [0.1, 0.15) is 25.0 Å². The Morgan fingerprint density at radius 1 is 0.211 bits per heavy atom. The molecule has 0 unspecified atom stereocenters. The third-order valence-electron chi connectivity index (χ3n) is 22.8. The van der Waals surface area contributed by atoms with Crippen molar-refractivity contribution in [2.45, 2.75) is 19.3 Å². The van der Waals surface area contributed by atoms with E-state index in [4.69, 9.17) is 0 Å². The molecule has 0 amide bonds. The molecule has 0 fully saturated rings. The van der Waals surface area contributed by atoms with Crippen molar-refractivity contribution >= 4 is 92.7 Å². The molecule has 20 aromatic rings. The smallest absolute Gasteiger partial charge is 0.0541 e. The lowest BCUT2D eigenvalue weighted by Gasteiger charge is -2.29. The molecule has 1 aliphatic rings. The number of fused-ring (bicyclic) bond motifs is 13. The highest BCUT2D eigenvalue weighted by Crippen LogP contribution is 2.54. The van der Waals surface area contributed by atoms with Gasteiger partial charge in [-0.3, -0.25) is 0 Å². The number of hydrogen-bond acceptors (Lipinski definition) is 1. The van der Waals surface area contributed by atoms with Crippen LogP contribution in [-0.4, -0.2) is 4.57 Å². The summed E-state index contributed by atoms with van der Waals surface area (Å²) in [5.74, 6) is 0. The van der Waals surface area contributed by atoms with E-state index in [9.17, 15) is 0 Å². The summed E-state index contributed by atoms with van der Waals surface area (Å²) in [4.78, 5) is 2.41. The van der Waals surface area contributed by atoms with Crippen LogP contribution in [0.3, 0.4) is 0 Å². The Kier molecular flexibility index (Phi) is 16.0. The lowest BCUT2D eigenvalue weighted by molar-refractivity contribution is 0.660. The van der Waals surface area contributed by atoms with Crippen LogP contribution in [-0.2, 0) is 5.41 Å². The third-order valence-corrected chi connectivity index (χ3v) is 22.8. The van der Waals surface area contributed by atoms with Gasteiger partial charge in [-0.05, 0) is 215 Å². The molecule has 2 heteroatoms. The average molecular weight is 1390 g/mol. The Balaban J connectivity index is 0.000000152. The van der Waals surface area contributed by atoms with Gasteiger partial charge in [0.2, 0.25) is 0 Å². The van der Waals surface area contributed by atoms with E-state index in [-0.39, 0.29) is 5.41 Å². The monoisotopic (exact) mass is 1390 g/mol. The summed E-state index contributed by atoms with van der Waals surface area (Å²) in [7, 11) is 0. The van der Waals surface area contributed by atoms with Gasteiger partial charge in [-0.2, -0.15) is 0 Å². The summed E-state index contributed by atoms with van der Waals surface area (Å²) >= 11 is 0. The summed E-state index contributed by atoms with van der Waals surface area (Å²) in [5, 5.41) is 15.1. The Labute approximate surface area is 635 Å². The highest BCUT2D eigenvalue weighted by atomic mass is 15.1. The normalized spacial score (nSPS) is 12.2. The number of aromatic nitrogens is 1. The minimum atomic E-state index is -0.170. The molecule has 1 aliphatic carbocycles. The van der Waals surface area contributed by atoms with Crippen LogP contribution in [0, 0.1) is 0 Å². The van der Waals surface area contributed by atoms with Gasteiger partial charge in [0, 0.05) is 38.6 Å². The number of hydrogen-bond donors (Lipinski definition) is 0. The molecule has 512 valence electrons. The maximum atomic E-state index is 2.42. The zero-order chi connectivity index (χ0) is 72.5. The molecular weight excluding hydrogens is 1310 g/mol. The van der Waals surface area contributed by atoms with E-state index in [0.29, 0.717) is 0 Å². The summed E-state index contributed by atoms with van der Waals surface area (Å²) < 4.78 is 2.42. The maximum absolute atomic E-state index is 2.42. The molecule has 21 rings (SSSR count). The topological polar surface area (TPSA) is 8.17 Å². The van der Waals surface area contributed by atoms with Gasteiger partial charge in [0.1, 0.15) is 0 Å². The minimum Gasteiger partial charge on any atom is -0.310 e. The van der Waals surface area contributed by atoms with E-state index in [1.54, 1.807) is 0 Å². The Morgan fingerprint density at radius 3 is 1.02 bits per heavy atom. The molecule has 0 spiro atoms. The van der Waals surface area contributed by atoms with Crippen molar-refractivity contribution in [1.29, 1.82) is 0 Å². The number of para-hydroxylation sites is 3. The number of rotatable bonds is 11. The largest absolute Gasteiger partial charge is 0.310 e. The molecule has 109 heavy (non-hydrogen) atoms. The van der Waals surface area contributed by atoms with Gasteiger partial charge in [-0.1, -0.05) is 360 Å². The summed E-state index contributed by atoms with van der Waals surface area (Å²) in [6.07, 6.45) is 0. The van der Waals surface area contributed by atoms with E-state index in [1.807, 2.05) is 0 Å². The van der Waals surface area contributed by atoms with Gasteiger partial charge < -0.3 is 9.47 Å². The van der Waals surface area contributed by atoms with Crippen molar-refractivity contribution in [3.8, 4) is 94.7 Å². The van der Waals surface area contributed by atoms with Gasteiger partial charge in [0.05, 0.1) is 16.7 Å². The van der Waals surface area contributed by atoms with E-state index < -0.39 is 0 Å². The number of anilines is 3. The van der Waals surface area contributed by atoms with E-state index in [1.165, 1.54) is 193 Å². The molecule has 2 nitrogen and oxygen atoms in total. The Hall–Kier alpha value is -13.9. The Bertz CT molecular complexity index is 6600. The summed E-state index contributed by atoms with van der Waals surface area (Å²) in [5.41, 5.74) is 29.4. The lowest BCUT2D eigenvalue weighted by atomic mass is 9.82. The SMILES string of the molecule is CC1(C)c2cc(N(c3ccccc3)c3cccc4ccccc34)ccc2-c2ccc(-n3c4ccccc4c4ccccc43)cc21.c1ccc(-c2ccc(-c3c(-c4cccc(-c5cccc(-c6c(-c7ccc(-c8ccccc8)cc7)c7ccccc7c7ccccc67)c5)c4)c4ccccc4c4ccccc34)cc2)cc1. The van der Waals surface area contributed by atoms with Crippen LogP contribution in [0.15, 0.2) is 413 Å². The minimum absolute atomic E-state index is 0.170. The van der Waals surface area contributed by atoms with Crippen LogP contribution in [0.2, 0.25) is 0 Å². The first-order chi connectivity index (χ1) is 53.9. The zero-order valence-electron chi connectivity index (χ0n) is 60.7. The van der Waals surface area contributed by atoms with E-state index >= 15 is 0 Å². The van der Waals surface area contributed by atoms with Crippen LogP contribution in [0.25, 0.3) is 170 Å². The molecule has 0 aliphatic heterocycles. The quantitative estimate of drug-likeness (QED) is 0.117. The fraction of sp³-hybridized carbons (Fsp3) is 0.0280. The summed E-state index contributed by atoms with van der Waals surface area (Å²) in [6.45, 7) is 4.75. The van der Waals surface area contributed by atoms with Gasteiger partial charge in [0.25, 0.3) is 0 Å². The first-order valence-electron chi connectivity index (χ1n) is 37.9. The van der Waals surface area contributed by atoms with Crippen molar-refractivity contribution < 1.29 is 0 Å². The molecular formula is C107H74N2. The van der Waals surface area contributed by atoms with Crippen molar-refractivity contribution in [3.05, 3.63) is 424 Å². The van der Waals surface area contributed by atoms with Crippen LogP contribution in [0.4, 0.5) is 17.1 Å². The third kappa shape index (κ3) is 11.2. The van der Waals surface area contributed by atoms with Gasteiger partial charge in [-0.15, -0.1) is 0 Å². The first kappa shape index (κ1) is 64.7. The Morgan fingerprint density at radius 2 is 0.541 bits per heavy atom. The lowest BCUT2D eigenvalue weighted by Crippen LogP contribution is -2.17. The second-order valence-electron chi connectivity index (χ2n) is 29.4. The number of benzene rings is 19. The van der Waals surface area contributed by atoms with Gasteiger partial charge in [-0.25, -0.2) is 0 Å². The van der Waals surface area contributed by atoms with E-state index in [0.717, 1.165) is 5.69 Å². The second kappa shape index (κ2) is 26.9. The number of nitrogens with zero attached hydrogens (tertiary/aromatic N) is 2. The molecule has 0 saturated carbocycles. The molecule has 0 saturated heterocycles. The molecule has 0 bridgehead atoms. The molecule has 0 N–H and O–H groups in total. The average Bonchev–Trinajstić information content (AvgIpc) is 1.67. The molecule has 0 atom stereocenters. The van der Waals surface area contributed by atoms with Crippen molar-refractivity contribution in [1.82, 2.24) is 4.57 Å². The van der Waals surface area contributed by atoms with Crippen molar-refractivity contribution in [2.24, 2.45) is 0 Å². The van der Waals surface area contributed by atoms with Crippen LogP contribution >= 0.6 is 0 Å². The first-order valence-corrected chi connectivity index (χ1v) is 37.9. The predicted octanol–water partition coefficient (Wildman–Crippen LogP) is 29.7. The fourth-order valence-electron chi connectivity index (χ4n) is 17.7. The highest BCUT2D eigenvalue weighted by molar-refractivity contribution is 6.23. The maximum Gasteiger partial charge on any atom is 0.0541 e. The van der Waals surface area contributed by atoms with Crippen molar-refractivity contribution in [3.63, 3.8) is 0 Å². The fourth-order valence-corrected chi connectivity index (χ4v) is 17.7. The standard InChI is InChI=1S/C64H42.C43H32N2/c1-3-17-43(18-4-1)45-33-37-47(38-34-45)61-57-29-11-7-25-53(57)55-27-9-13-31-59(55)63(61)51-23-15-21-49(41-51)50-22-16-24-52(42-50)64-60-32-14-10-28-56(60)54-26-8-12-30-58(54)62(64)48-39-35-46(36-40-48)44-19-5-2-6-20-44;1-43(2)38-27-31(44(30-15-4-3-5-16-30)40-22-12-14-29-13-6-7-17-33(29)40)23-25-34(38)35-26-24-32(28-39(35)43)45-41-20-10-8-18-36(41)37-19-9-11-21-42(37)45/h1-42H;3-28H,1-2H3. The van der Waals surface area contributed by atoms with E-state index in [2.05, 4.69) is 436 Å². The zero-order valence-corrected chi connectivity index (χ0v) is 60.7. The van der Waals surface area contributed by atoms with Gasteiger partial charge in [0.15, 0.2) is 0 Å². The second-order valence-corrected chi connectivity index (χ2v) is 29.4. The van der Waals surface area contributed by atoms with Crippen LogP contribution < -0.4 is 4.90 Å². The van der Waals surface area contributed by atoms with Gasteiger partial charge >= 0.3 is 0 Å². The highest BCUT2D eigenvalue weighted by Gasteiger charge is 2.37. The molecule has 1 heterocycles. The molecule has 0 radical (unpaired) electrons. The predicted molar refractivity (Wildman–Crippen MR) is 465 cm³/mol. The van der Waals surface area contributed by atoms with Crippen molar-refractivity contribution in [2.75, 3.05) is 4.90 Å². The van der Waals surface area contributed by atoms with Crippen LogP contribution in [0.5, 0.6) is 0 Å². The molecule has 1 aromatic heterocycles.